The lowest BCUT2D eigenvalue weighted by molar-refractivity contribution is 0.397. The first-order valence-electron chi connectivity index (χ1n) is 5.30. The van der Waals surface area contributed by atoms with Gasteiger partial charge in [0, 0.05) is 7.05 Å². The van der Waals surface area contributed by atoms with E-state index in [0.717, 1.165) is 22.3 Å². The van der Waals surface area contributed by atoms with Crippen molar-refractivity contribution < 1.29 is 4.74 Å². The lowest BCUT2D eigenvalue weighted by Crippen LogP contribution is -1.97. The SMILES string of the molecule is COc1nnc(C)c2c1c(C(C)C)nn2C. The summed E-state index contributed by atoms with van der Waals surface area (Å²) in [4.78, 5) is 0. The van der Waals surface area contributed by atoms with Crippen LogP contribution in [0.2, 0.25) is 0 Å². The van der Waals surface area contributed by atoms with Crippen LogP contribution < -0.4 is 4.74 Å². The molecule has 5 heteroatoms. The number of hydrogen-bond donors (Lipinski definition) is 0. The Bertz CT molecular complexity index is 530. The zero-order valence-electron chi connectivity index (χ0n) is 10.3. The van der Waals surface area contributed by atoms with Gasteiger partial charge in [-0.2, -0.15) is 5.10 Å². The summed E-state index contributed by atoms with van der Waals surface area (Å²) in [6.45, 7) is 6.15. The first-order valence-corrected chi connectivity index (χ1v) is 5.30. The summed E-state index contributed by atoms with van der Waals surface area (Å²) in [6.07, 6.45) is 0. The highest BCUT2D eigenvalue weighted by atomic mass is 16.5. The third-order valence-electron chi connectivity index (χ3n) is 2.66. The fraction of sp³-hybridized carbons (Fsp3) is 0.545. The minimum atomic E-state index is 0.334. The number of nitrogens with zero attached hydrogens (tertiary/aromatic N) is 4. The summed E-state index contributed by atoms with van der Waals surface area (Å²) in [5.41, 5.74) is 2.88. The van der Waals surface area contributed by atoms with E-state index < -0.39 is 0 Å². The molecule has 0 radical (unpaired) electrons. The maximum Gasteiger partial charge on any atom is 0.244 e. The molecule has 0 aliphatic rings. The lowest BCUT2D eigenvalue weighted by atomic mass is 10.1. The normalized spacial score (nSPS) is 11.4. The van der Waals surface area contributed by atoms with Crippen LogP contribution in [0.15, 0.2) is 0 Å². The maximum absolute atomic E-state index is 5.26. The number of hydrogen-bond acceptors (Lipinski definition) is 4. The minimum Gasteiger partial charge on any atom is -0.479 e. The van der Waals surface area contributed by atoms with Crippen LogP contribution >= 0.6 is 0 Å². The zero-order valence-corrected chi connectivity index (χ0v) is 10.3. The molecule has 0 unspecified atom stereocenters. The van der Waals surface area contributed by atoms with E-state index in [0.29, 0.717) is 11.8 Å². The molecule has 0 aromatic carbocycles. The standard InChI is InChI=1S/C11H16N4O/c1-6(2)9-8-10(15(4)14-9)7(3)12-13-11(8)16-5/h6H,1-5H3. The number of aryl methyl sites for hydroxylation is 2. The van der Waals surface area contributed by atoms with Crippen LogP contribution in [0.4, 0.5) is 0 Å². The lowest BCUT2D eigenvalue weighted by Gasteiger charge is -2.04. The van der Waals surface area contributed by atoms with Gasteiger partial charge in [0.25, 0.3) is 0 Å². The Hall–Kier alpha value is -1.65. The Balaban J connectivity index is 2.89. The summed E-state index contributed by atoms with van der Waals surface area (Å²) in [6, 6.07) is 0. The van der Waals surface area contributed by atoms with E-state index in [9.17, 15) is 0 Å². The molecule has 0 atom stereocenters. The molecule has 0 bridgehead atoms. The molecule has 0 aliphatic heterocycles. The smallest absolute Gasteiger partial charge is 0.244 e. The second kappa shape index (κ2) is 3.73. The van der Waals surface area contributed by atoms with Crippen LogP contribution in [0, 0.1) is 6.92 Å². The largest absolute Gasteiger partial charge is 0.479 e. The third-order valence-corrected chi connectivity index (χ3v) is 2.66. The molecule has 0 N–H and O–H groups in total. The quantitative estimate of drug-likeness (QED) is 0.774. The molecule has 2 heterocycles. The first-order chi connectivity index (χ1) is 7.56. The monoisotopic (exact) mass is 220 g/mol. The second-order valence-electron chi connectivity index (χ2n) is 4.18. The predicted molar refractivity (Wildman–Crippen MR) is 61.7 cm³/mol. The highest BCUT2D eigenvalue weighted by Crippen LogP contribution is 2.31. The summed E-state index contributed by atoms with van der Waals surface area (Å²) in [5, 5.41) is 13.6. The van der Waals surface area contributed by atoms with E-state index in [1.54, 1.807) is 7.11 Å². The molecule has 0 fully saturated rings. The van der Waals surface area contributed by atoms with E-state index in [1.165, 1.54) is 0 Å². The fourth-order valence-corrected chi connectivity index (χ4v) is 1.94. The molecule has 2 rings (SSSR count). The molecule has 86 valence electrons. The molecule has 0 amide bonds. The fourth-order valence-electron chi connectivity index (χ4n) is 1.94. The van der Waals surface area contributed by atoms with E-state index in [2.05, 4.69) is 29.1 Å². The number of ether oxygens (including phenoxy) is 1. The molecule has 0 saturated heterocycles. The van der Waals surface area contributed by atoms with Crippen molar-refractivity contribution >= 4 is 10.9 Å². The van der Waals surface area contributed by atoms with Crippen molar-refractivity contribution in [3.63, 3.8) is 0 Å². The molecule has 5 nitrogen and oxygen atoms in total. The van der Waals surface area contributed by atoms with E-state index in [4.69, 9.17) is 4.74 Å². The predicted octanol–water partition coefficient (Wildman–Crippen LogP) is 1.80. The van der Waals surface area contributed by atoms with Gasteiger partial charge in [0.05, 0.1) is 29.4 Å². The topological polar surface area (TPSA) is 52.8 Å². The van der Waals surface area contributed by atoms with Crippen molar-refractivity contribution in [3.8, 4) is 5.88 Å². The first kappa shape index (κ1) is 10.9. The zero-order chi connectivity index (χ0) is 11.9. The highest BCUT2D eigenvalue weighted by molar-refractivity contribution is 5.88. The number of rotatable bonds is 2. The summed E-state index contributed by atoms with van der Waals surface area (Å²) >= 11 is 0. The van der Waals surface area contributed by atoms with Gasteiger partial charge in [-0.25, -0.2) is 0 Å². The van der Waals surface area contributed by atoms with E-state index >= 15 is 0 Å². The van der Waals surface area contributed by atoms with Gasteiger partial charge in [-0.05, 0) is 12.8 Å². The minimum absolute atomic E-state index is 0.334. The van der Waals surface area contributed by atoms with Gasteiger partial charge in [0.2, 0.25) is 5.88 Å². The summed E-state index contributed by atoms with van der Waals surface area (Å²) in [7, 11) is 3.53. The molecule has 0 aliphatic carbocycles. The van der Waals surface area contributed by atoms with Crippen molar-refractivity contribution in [1.29, 1.82) is 0 Å². The maximum atomic E-state index is 5.26. The number of aromatic nitrogens is 4. The van der Waals surface area contributed by atoms with Gasteiger partial charge >= 0.3 is 0 Å². The second-order valence-corrected chi connectivity index (χ2v) is 4.18. The van der Waals surface area contributed by atoms with Crippen LogP contribution in [0.3, 0.4) is 0 Å². The van der Waals surface area contributed by atoms with Gasteiger partial charge in [0.1, 0.15) is 0 Å². The van der Waals surface area contributed by atoms with Crippen molar-refractivity contribution in [3.05, 3.63) is 11.4 Å². The van der Waals surface area contributed by atoms with Crippen molar-refractivity contribution in [1.82, 2.24) is 20.0 Å². The average Bonchev–Trinajstić information content (AvgIpc) is 2.58. The van der Waals surface area contributed by atoms with Crippen LogP contribution in [0.1, 0.15) is 31.2 Å². The Morgan fingerprint density at radius 2 is 1.94 bits per heavy atom. The Morgan fingerprint density at radius 3 is 2.50 bits per heavy atom. The summed E-state index contributed by atoms with van der Waals surface area (Å²) < 4.78 is 7.10. The average molecular weight is 220 g/mol. The van der Waals surface area contributed by atoms with Gasteiger partial charge in [-0.3, -0.25) is 4.68 Å². The molecular formula is C11H16N4O. The Labute approximate surface area is 94.4 Å². The molecule has 0 saturated carbocycles. The molecule has 16 heavy (non-hydrogen) atoms. The van der Waals surface area contributed by atoms with Crippen LogP contribution in [-0.4, -0.2) is 27.1 Å². The molecular weight excluding hydrogens is 204 g/mol. The Kier molecular flexibility index (Phi) is 2.53. The van der Waals surface area contributed by atoms with E-state index in [-0.39, 0.29) is 0 Å². The summed E-state index contributed by atoms with van der Waals surface area (Å²) in [5.74, 6) is 0.888. The van der Waals surface area contributed by atoms with Crippen LogP contribution in [0.5, 0.6) is 5.88 Å². The van der Waals surface area contributed by atoms with Crippen molar-refractivity contribution in [2.24, 2.45) is 7.05 Å². The van der Waals surface area contributed by atoms with Crippen LogP contribution in [-0.2, 0) is 7.05 Å². The van der Waals surface area contributed by atoms with Gasteiger partial charge in [-0.15, -0.1) is 10.2 Å². The number of fused-ring (bicyclic) bond motifs is 1. The highest BCUT2D eigenvalue weighted by Gasteiger charge is 2.19. The van der Waals surface area contributed by atoms with Gasteiger partial charge in [0.15, 0.2) is 0 Å². The van der Waals surface area contributed by atoms with Crippen molar-refractivity contribution in [2.45, 2.75) is 26.7 Å². The molecule has 2 aromatic rings. The Morgan fingerprint density at radius 1 is 1.25 bits per heavy atom. The number of methoxy groups -OCH3 is 1. The van der Waals surface area contributed by atoms with E-state index in [1.807, 2.05) is 18.7 Å². The van der Waals surface area contributed by atoms with Gasteiger partial charge < -0.3 is 4.74 Å². The van der Waals surface area contributed by atoms with Crippen molar-refractivity contribution in [2.75, 3.05) is 7.11 Å². The third kappa shape index (κ3) is 1.43. The van der Waals surface area contributed by atoms with Crippen LogP contribution in [0.25, 0.3) is 10.9 Å². The van der Waals surface area contributed by atoms with Gasteiger partial charge in [-0.1, -0.05) is 13.8 Å². The molecule has 0 spiro atoms. The molecule has 2 aromatic heterocycles.